The molecule has 7 nitrogen and oxygen atoms in total. The smallest absolute Gasteiger partial charge is 0.264 e. The second-order valence-corrected chi connectivity index (χ2v) is 6.86. The van der Waals surface area contributed by atoms with E-state index in [1.54, 1.807) is 16.8 Å². The van der Waals surface area contributed by atoms with E-state index < -0.39 is 5.60 Å². The van der Waals surface area contributed by atoms with Crippen LogP contribution in [0.2, 0.25) is 5.02 Å². The fourth-order valence-corrected chi connectivity index (χ4v) is 3.33. The molecule has 0 radical (unpaired) electrons. The summed E-state index contributed by atoms with van der Waals surface area (Å²) in [6, 6.07) is 7.16. The van der Waals surface area contributed by atoms with E-state index in [0.717, 1.165) is 18.8 Å². The third-order valence-corrected chi connectivity index (χ3v) is 4.88. The second kappa shape index (κ2) is 7.36. The van der Waals surface area contributed by atoms with Crippen LogP contribution in [0, 0.1) is 0 Å². The van der Waals surface area contributed by atoms with Crippen molar-refractivity contribution < 1.29 is 5.11 Å². The third-order valence-electron chi connectivity index (χ3n) is 4.62. The molecule has 0 amide bonds. The van der Waals surface area contributed by atoms with Crippen molar-refractivity contribution in [2.24, 2.45) is 0 Å². The Morgan fingerprint density at radius 1 is 1.23 bits per heavy atom. The second-order valence-electron chi connectivity index (χ2n) is 6.42. The van der Waals surface area contributed by atoms with E-state index >= 15 is 0 Å². The van der Waals surface area contributed by atoms with Gasteiger partial charge >= 0.3 is 0 Å². The standard InChI is InChI=1S/C17H18ClN5O2.ClH/c18-12-1-3-13(4-2-12)23-15-14(9-21-23)16(24)22(11-20-15)10-17(25)5-7-19-8-6-17;/h1-4,9,11,19,25H,5-8,10H2;1H. The van der Waals surface area contributed by atoms with Crippen LogP contribution in [-0.4, -0.2) is 43.1 Å². The van der Waals surface area contributed by atoms with Crippen LogP contribution in [0.15, 0.2) is 41.6 Å². The van der Waals surface area contributed by atoms with Gasteiger partial charge in [0.2, 0.25) is 0 Å². The number of aliphatic hydroxyl groups is 1. The molecule has 0 atom stereocenters. The highest BCUT2D eigenvalue weighted by Gasteiger charge is 2.30. The van der Waals surface area contributed by atoms with Gasteiger partial charge in [0.25, 0.3) is 5.56 Å². The van der Waals surface area contributed by atoms with Crippen molar-refractivity contribution in [1.29, 1.82) is 0 Å². The fourth-order valence-electron chi connectivity index (χ4n) is 3.20. The minimum atomic E-state index is -0.878. The number of piperidine rings is 1. The first-order valence-corrected chi connectivity index (χ1v) is 8.56. The molecule has 0 spiro atoms. The summed E-state index contributed by atoms with van der Waals surface area (Å²) in [5.41, 5.74) is 0.190. The van der Waals surface area contributed by atoms with Gasteiger partial charge in [0, 0.05) is 5.02 Å². The Balaban J connectivity index is 0.00000196. The maximum atomic E-state index is 12.8. The van der Waals surface area contributed by atoms with E-state index in [1.807, 2.05) is 12.1 Å². The zero-order chi connectivity index (χ0) is 17.4. The number of halogens is 2. The first-order valence-electron chi connectivity index (χ1n) is 8.18. The monoisotopic (exact) mass is 395 g/mol. The highest BCUT2D eigenvalue weighted by molar-refractivity contribution is 6.30. The lowest BCUT2D eigenvalue weighted by atomic mass is 9.92. The first-order chi connectivity index (χ1) is 12.1. The van der Waals surface area contributed by atoms with Crippen molar-refractivity contribution in [3.8, 4) is 5.69 Å². The minimum Gasteiger partial charge on any atom is -0.388 e. The molecule has 26 heavy (non-hydrogen) atoms. The number of nitrogens with one attached hydrogen (secondary N) is 1. The van der Waals surface area contributed by atoms with Gasteiger partial charge in [0.1, 0.15) is 11.7 Å². The number of hydrogen-bond acceptors (Lipinski definition) is 5. The maximum absolute atomic E-state index is 12.8. The van der Waals surface area contributed by atoms with Gasteiger partial charge in [-0.1, -0.05) is 11.6 Å². The molecule has 9 heteroatoms. The van der Waals surface area contributed by atoms with E-state index in [1.165, 1.54) is 17.1 Å². The van der Waals surface area contributed by atoms with Gasteiger partial charge in [0.05, 0.1) is 24.0 Å². The number of nitrogens with zero attached hydrogens (tertiary/aromatic N) is 4. The molecule has 0 saturated carbocycles. The number of hydrogen-bond donors (Lipinski definition) is 2. The highest BCUT2D eigenvalue weighted by Crippen LogP contribution is 2.20. The van der Waals surface area contributed by atoms with Crippen LogP contribution in [0.5, 0.6) is 0 Å². The predicted molar refractivity (Wildman–Crippen MR) is 102 cm³/mol. The number of benzene rings is 1. The Bertz CT molecular complexity index is 961. The van der Waals surface area contributed by atoms with Crippen LogP contribution in [0.25, 0.3) is 16.7 Å². The van der Waals surface area contributed by atoms with Crippen molar-refractivity contribution in [2.45, 2.75) is 25.0 Å². The summed E-state index contributed by atoms with van der Waals surface area (Å²) < 4.78 is 3.08. The summed E-state index contributed by atoms with van der Waals surface area (Å²) >= 11 is 5.92. The van der Waals surface area contributed by atoms with Crippen LogP contribution >= 0.6 is 24.0 Å². The molecule has 1 saturated heterocycles. The van der Waals surface area contributed by atoms with E-state index in [0.29, 0.717) is 28.9 Å². The zero-order valence-electron chi connectivity index (χ0n) is 13.9. The fraction of sp³-hybridized carbons (Fsp3) is 0.353. The molecule has 0 unspecified atom stereocenters. The van der Waals surface area contributed by atoms with Gasteiger partial charge in [-0.15, -0.1) is 12.4 Å². The van der Waals surface area contributed by atoms with Crippen LogP contribution in [0.1, 0.15) is 12.8 Å². The normalized spacial score (nSPS) is 16.4. The van der Waals surface area contributed by atoms with Gasteiger partial charge in [-0.05, 0) is 50.2 Å². The van der Waals surface area contributed by atoms with Crippen LogP contribution in [0.3, 0.4) is 0 Å². The topological polar surface area (TPSA) is 85.0 Å². The average molecular weight is 396 g/mol. The van der Waals surface area contributed by atoms with E-state index in [4.69, 9.17) is 11.6 Å². The van der Waals surface area contributed by atoms with Crippen LogP contribution in [0.4, 0.5) is 0 Å². The lowest BCUT2D eigenvalue weighted by Crippen LogP contribution is -2.46. The molecule has 2 N–H and O–H groups in total. The third kappa shape index (κ3) is 3.48. The molecule has 1 aliphatic rings. The lowest BCUT2D eigenvalue weighted by Gasteiger charge is -2.32. The quantitative estimate of drug-likeness (QED) is 0.705. The zero-order valence-corrected chi connectivity index (χ0v) is 15.5. The Kier molecular flexibility index (Phi) is 5.34. The van der Waals surface area contributed by atoms with Crippen molar-refractivity contribution in [2.75, 3.05) is 13.1 Å². The Labute approximate surface area is 161 Å². The summed E-state index contributed by atoms with van der Waals surface area (Å²) in [4.78, 5) is 17.2. The predicted octanol–water partition coefficient (Wildman–Crippen LogP) is 1.77. The molecular weight excluding hydrogens is 377 g/mol. The molecule has 4 rings (SSSR count). The molecule has 0 bridgehead atoms. The van der Waals surface area contributed by atoms with Crippen LogP contribution < -0.4 is 10.9 Å². The Morgan fingerprint density at radius 2 is 1.92 bits per heavy atom. The van der Waals surface area contributed by atoms with Crippen molar-refractivity contribution >= 4 is 35.0 Å². The van der Waals surface area contributed by atoms with E-state index in [2.05, 4.69) is 15.4 Å². The van der Waals surface area contributed by atoms with Crippen LogP contribution in [-0.2, 0) is 6.54 Å². The molecule has 3 heterocycles. The molecule has 1 aliphatic heterocycles. The summed E-state index contributed by atoms with van der Waals surface area (Å²) in [5.74, 6) is 0. The van der Waals surface area contributed by atoms with Gasteiger partial charge in [-0.25, -0.2) is 9.67 Å². The Morgan fingerprint density at radius 3 is 2.62 bits per heavy atom. The van der Waals surface area contributed by atoms with Crippen molar-refractivity contribution in [3.63, 3.8) is 0 Å². The molecular formula is C17H19Cl2N5O2. The van der Waals surface area contributed by atoms with Crippen molar-refractivity contribution in [3.05, 3.63) is 52.2 Å². The number of rotatable bonds is 3. The highest BCUT2D eigenvalue weighted by atomic mass is 35.5. The van der Waals surface area contributed by atoms with Gasteiger partial charge in [0.15, 0.2) is 5.65 Å². The van der Waals surface area contributed by atoms with Gasteiger partial charge in [-0.3, -0.25) is 9.36 Å². The minimum absolute atomic E-state index is 0. The largest absolute Gasteiger partial charge is 0.388 e. The van der Waals surface area contributed by atoms with E-state index in [9.17, 15) is 9.90 Å². The summed E-state index contributed by atoms with van der Waals surface area (Å²) in [7, 11) is 0. The molecule has 0 aliphatic carbocycles. The molecule has 3 aromatic rings. The summed E-state index contributed by atoms with van der Waals surface area (Å²) in [6.45, 7) is 1.73. The number of aromatic nitrogens is 4. The van der Waals surface area contributed by atoms with E-state index in [-0.39, 0.29) is 24.5 Å². The molecule has 138 valence electrons. The van der Waals surface area contributed by atoms with Gasteiger partial charge < -0.3 is 10.4 Å². The molecule has 1 aromatic carbocycles. The Hall–Kier alpha value is -1.93. The lowest BCUT2D eigenvalue weighted by molar-refractivity contribution is -0.00627. The first kappa shape index (κ1) is 18.8. The molecule has 1 fully saturated rings. The average Bonchev–Trinajstić information content (AvgIpc) is 3.03. The molecule has 2 aromatic heterocycles. The maximum Gasteiger partial charge on any atom is 0.264 e. The van der Waals surface area contributed by atoms with Crippen molar-refractivity contribution in [1.82, 2.24) is 24.6 Å². The summed E-state index contributed by atoms with van der Waals surface area (Å²) in [5, 5.41) is 19.2. The summed E-state index contributed by atoms with van der Waals surface area (Å²) in [6.07, 6.45) is 4.23. The van der Waals surface area contributed by atoms with Gasteiger partial charge in [-0.2, -0.15) is 5.10 Å². The number of fused-ring (bicyclic) bond motifs is 1. The SMILES string of the molecule is Cl.O=c1c2cnn(-c3ccc(Cl)cc3)c2ncn1CC1(O)CCNCC1.